The molecule has 3 rings (SSSR count). The first-order valence-corrected chi connectivity index (χ1v) is 7.86. The molecule has 0 saturated heterocycles. The number of ether oxygens (including phenoxy) is 1. The number of carbonyl (C=O) groups excluding carboxylic acids is 1. The Hall–Kier alpha value is -2.11. The summed E-state index contributed by atoms with van der Waals surface area (Å²) in [5.74, 6) is 0.0538. The third-order valence-corrected chi connectivity index (χ3v) is 4.06. The van der Waals surface area contributed by atoms with Crippen LogP contribution in [-0.2, 0) is 9.63 Å². The van der Waals surface area contributed by atoms with Crippen molar-refractivity contribution in [1.29, 1.82) is 0 Å². The van der Waals surface area contributed by atoms with Crippen LogP contribution in [-0.4, -0.2) is 18.8 Å². The molecule has 0 aliphatic carbocycles. The maximum atomic E-state index is 12.0. The van der Waals surface area contributed by atoms with E-state index in [1.165, 1.54) is 0 Å². The molecule has 0 fully saturated rings. The predicted molar refractivity (Wildman–Crippen MR) is 92.8 cm³/mol. The van der Waals surface area contributed by atoms with Crippen molar-refractivity contribution in [2.75, 3.05) is 7.11 Å². The molecule has 0 unspecified atom stereocenters. The fraction of sp³-hybridized carbons (Fsp3) is 0.0588. The molecule has 4 nitrogen and oxygen atoms in total. The van der Waals surface area contributed by atoms with Crippen LogP contribution >= 0.6 is 27.5 Å². The highest BCUT2D eigenvalue weighted by atomic mass is 79.9. The molecule has 0 spiro atoms. The lowest BCUT2D eigenvalue weighted by molar-refractivity contribution is -0.136. The summed E-state index contributed by atoms with van der Waals surface area (Å²) in [4.78, 5) is 16.9. The molecular weight excluding hydrogens is 382 g/mol. The first kappa shape index (κ1) is 15.8. The Bertz CT molecular complexity index is 828. The molecule has 1 aliphatic heterocycles. The van der Waals surface area contributed by atoms with Crippen molar-refractivity contribution in [3.8, 4) is 5.75 Å². The van der Waals surface area contributed by atoms with E-state index in [2.05, 4.69) is 21.1 Å². The van der Waals surface area contributed by atoms with Gasteiger partial charge in [-0.05, 0) is 42.0 Å². The van der Waals surface area contributed by atoms with Crippen molar-refractivity contribution in [1.82, 2.24) is 0 Å². The van der Waals surface area contributed by atoms with Gasteiger partial charge in [0.2, 0.25) is 0 Å². The van der Waals surface area contributed by atoms with Gasteiger partial charge in [0, 0.05) is 15.1 Å². The number of oxime groups is 1. The molecule has 0 bridgehead atoms. The Morgan fingerprint density at radius 3 is 2.65 bits per heavy atom. The summed E-state index contributed by atoms with van der Waals surface area (Å²) in [6.07, 6.45) is 1.72. The van der Waals surface area contributed by atoms with Crippen LogP contribution in [0.25, 0.3) is 6.08 Å². The number of halogens is 2. The maximum Gasteiger partial charge on any atom is 0.368 e. The van der Waals surface area contributed by atoms with Crippen LogP contribution in [0.5, 0.6) is 5.75 Å². The molecule has 0 amide bonds. The summed E-state index contributed by atoms with van der Waals surface area (Å²) in [6, 6.07) is 12.7. The summed E-state index contributed by atoms with van der Waals surface area (Å²) in [5, 5.41) is 4.40. The summed E-state index contributed by atoms with van der Waals surface area (Å²) in [6.45, 7) is 0. The molecule has 116 valence electrons. The van der Waals surface area contributed by atoms with E-state index in [9.17, 15) is 4.79 Å². The minimum atomic E-state index is -0.509. The van der Waals surface area contributed by atoms with Crippen molar-refractivity contribution in [3.63, 3.8) is 0 Å². The molecule has 6 heteroatoms. The second kappa shape index (κ2) is 6.56. The fourth-order valence-electron chi connectivity index (χ4n) is 2.19. The fourth-order valence-corrected chi connectivity index (χ4v) is 2.63. The second-order valence-corrected chi connectivity index (χ2v) is 6.12. The Morgan fingerprint density at radius 2 is 1.96 bits per heavy atom. The number of nitrogens with zero attached hydrogens (tertiary/aromatic N) is 1. The molecule has 2 aromatic rings. The molecule has 2 aromatic carbocycles. The smallest absolute Gasteiger partial charge is 0.368 e. The van der Waals surface area contributed by atoms with Crippen molar-refractivity contribution >= 4 is 45.3 Å². The van der Waals surface area contributed by atoms with Gasteiger partial charge in [-0.3, -0.25) is 0 Å². The van der Waals surface area contributed by atoms with Gasteiger partial charge in [-0.1, -0.05) is 44.8 Å². The lowest BCUT2D eigenvalue weighted by Crippen LogP contribution is -2.08. The topological polar surface area (TPSA) is 47.9 Å². The number of benzene rings is 2. The van der Waals surface area contributed by atoms with Crippen LogP contribution in [0.4, 0.5) is 0 Å². The largest absolute Gasteiger partial charge is 0.496 e. The summed E-state index contributed by atoms with van der Waals surface area (Å²) in [7, 11) is 1.54. The average molecular weight is 393 g/mol. The van der Waals surface area contributed by atoms with Crippen LogP contribution in [0.15, 0.2) is 57.7 Å². The minimum absolute atomic E-state index is 0.355. The highest BCUT2D eigenvalue weighted by Gasteiger charge is 2.29. The summed E-state index contributed by atoms with van der Waals surface area (Å²) < 4.78 is 6.28. The van der Waals surface area contributed by atoms with Crippen LogP contribution in [0.3, 0.4) is 0 Å². The van der Waals surface area contributed by atoms with Gasteiger partial charge in [-0.25, -0.2) is 4.79 Å². The maximum absolute atomic E-state index is 12.0. The molecule has 0 saturated carbocycles. The molecule has 0 aromatic heterocycles. The van der Waals surface area contributed by atoms with Gasteiger partial charge in [-0.15, -0.1) is 0 Å². The third kappa shape index (κ3) is 3.30. The quantitative estimate of drug-likeness (QED) is 0.572. The number of rotatable bonds is 3. The van der Waals surface area contributed by atoms with Crippen molar-refractivity contribution in [3.05, 3.63) is 68.7 Å². The van der Waals surface area contributed by atoms with Crippen LogP contribution in [0, 0.1) is 0 Å². The number of hydrogen-bond donors (Lipinski definition) is 0. The van der Waals surface area contributed by atoms with Crippen molar-refractivity contribution in [2.24, 2.45) is 5.16 Å². The molecule has 1 heterocycles. The van der Waals surface area contributed by atoms with Crippen LogP contribution < -0.4 is 4.74 Å². The van der Waals surface area contributed by atoms with E-state index in [-0.39, 0.29) is 0 Å². The summed E-state index contributed by atoms with van der Waals surface area (Å²) >= 11 is 9.43. The standard InChI is InChI=1S/C17H11BrClNO3/c1-22-15-7-6-12(19)9-13(15)16-14(17(21)23-20-16)8-10-2-4-11(18)5-3-10/h2-9H,1H3. The molecule has 0 N–H and O–H groups in total. The van der Waals surface area contributed by atoms with E-state index >= 15 is 0 Å². The number of carbonyl (C=O) groups is 1. The Labute approximate surface area is 146 Å². The zero-order valence-corrected chi connectivity index (χ0v) is 14.4. The monoisotopic (exact) mass is 391 g/mol. The zero-order chi connectivity index (χ0) is 16.4. The Kier molecular flexibility index (Phi) is 4.50. The minimum Gasteiger partial charge on any atom is -0.496 e. The van der Waals surface area contributed by atoms with E-state index in [4.69, 9.17) is 21.2 Å². The molecular formula is C17H11BrClNO3. The zero-order valence-electron chi connectivity index (χ0n) is 12.0. The van der Waals surface area contributed by atoms with Gasteiger partial charge in [-0.2, -0.15) is 0 Å². The highest BCUT2D eigenvalue weighted by molar-refractivity contribution is 9.10. The van der Waals surface area contributed by atoms with Gasteiger partial charge in [0.1, 0.15) is 11.5 Å². The first-order valence-electron chi connectivity index (χ1n) is 6.69. The highest BCUT2D eigenvalue weighted by Crippen LogP contribution is 2.29. The van der Waals surface area contributed by atoms with Crippen molar-refractivity contribution < 1.29 is 14.4 Å². The molecule has 0 atom stereocenters. The molecule has 0 radical (unpaired) electrons. The van der Waals surface area contributed by atoms with Crippen LogP contribution in [0.1, 0.15) is 11.1 Å². The lowest BCUT2D eigenvalue weighted by atomic mass is 10.00. The summed E-state index contributed by atoms with van der Waals surface area (Å²) in [5.41, 5.74) is 2.22. The number of methoxy groups -OCH3 is 1. The Morgan fingerprint density at radius 1 is 1.22 bits per heavy atom. The third-order valence-electron chi connectivity index (χ3n) is 3.29. The van der Waals surface area contributed by atoms with Crippen molar-refractivity contribution in [2.45, 2.75) is 0 Å². The average Bonchev–Trinajstić information content (AvgIpc) is 2.90. The van der Waals surface area contributed by atoms with E-state index < -0.39 is 5.97 Å². The second-order valence-electron chi connectivity index (χ2n) is 4.77. The van der Waals surface area contributed by atoms with Crippen LogP contribution in [0.2, 0.25) is 5.02 Å². The number of hydrogen-bond acceptors (Lipinski definition) is 4. The van der Waals surface area contributed by atoms with Gasteiger partial charge in [0.25, 0.3) is 0 Å². The molecule has 23 heavy (non-hydrogen) atoms. The molecule has 1 aliphatic rings. The van der Waals surface area contributed by atoms with E-state index in [0.29, 0.717) is 27.6 Å². The van der Waals surface area contributed by atoms with Gasteiger partial charge >= 0.3 is 5.97 Å². The Balaban J connectivity index is 2.07. The van der Waals surface area contributed by atoms with E-state index in [0.717, 1.165) is 10.0 Å². The van der Waals surface area contributed by atoms with Gasteiger partial charge in [0.05, 0.1) is 12.7 Å². The normalized spacial score (nSPS) is 15.5. The van der Waals surface area contributed by atoms with E-state index in [1.807, 2.05) is 24.3 Å². The SMILES string of the molecule is COc1ccc(Cl)cc1C1=NOC(=O)C1=Cc1ccc(Br)cc1. The first-order chi connectivity index (χ1) is 11.1. The van der Waals surface area contributed by atoms with E-state index in [1.54, 1.807) is 31.4 Å². The lowest BCUT2D eigenvalue weighted by Gasteiger charge is -2.08. The van der Waals surface area contributed by atoms with Gasteiger partial charge in [0.15, 0.2) is 0 Å². The predicted octanol–water partition coefficient (Wildman–Crippen LogP) is 4.46. The van der Waals surface area contributed by atoms with Gasteiger partial charge < -0.3 is 9.57 Å².